The number of ether oxygens (including phenoxy) is 1. The fourth-order valence-corrected chi connectivity index (χ4v) is 2.95. The zero-order valence-electron chi connectivity index (χ0n) is 10.5. The van der Waals surface area contributed by atoms with Crippen molar-refractivity contribution in [1.29, 1.82) is 0 Å². The van der Waals surface area contributed by atoms with Crippen molar-refractivity contribution in [2.24, 2.45) is 5.92 Å². The Hall–Kier alpha value is -0.0900. The largest absolute Gasteiger partial charge is 0.378 e. The molecule has 98 valence electrons. The highest BCUT2D eigenvalue weighted by atomic mass is 79.9. The number of hydrogen-bond donors (Lipinski definition) is 0. The molecule has 0 spiro atoms. The summed E-state index contributed by atoms with van der Waals surface area (Å²) < 4.78 is 5.52. The lowest BCUT2D eigenvalue weighted by Crippen LogP contribution is -2.39. The highest BCUT2D eigenvalue weighted by molar-refractivity contribution is 9.09. The van der Waals surface area contributed by atoms with E-state index in [9.17, 15) is 4.79 Å². The first-order valence-corrected chi connectivity index (χ1v) is 7.83. The second-order valence-electron chi connectivity index (χ2n) is 5.13. The van der Waals surface area contributed by atoms with Crippen LogP contribution in [0.4, 0.5) is 0 Å². The van der Waals surface area contributed by atoms with E-state index in [-0.39, 0.29) is 0 Å². The molecule has 0 aliphatic heterocycles. The molecule has 4 heteroatoms. The third-order valence-corrected chi connectivity index (χ3v) is 4.05. The number of halogens is 1. The lowest BCUT2D eigenvalue weighted by Gasteiger charge is -2.35. The van der Waals surface area contributed by atoms with Gasteiger partial charge in [0.25, 0.3) is 0 Å². The SMILES string of the molecule is CCOC1CC(CC(=O)N(CCBr)C2CC2)C1. The molecule has 2 fully saturated rings. The summed E-state index contributed by atoms with van der Waals surface area (Å²) in [6, 6.07) is 0.544. The predicted molar refractivity (Wildman–Crippen MR) is 71.3 cm³/mol. The van der Waals surface area contributed by atoms with Crippen LogP contribution in [0.1, 0.15) is 39.0 Å². The number of rotatable bonds is 7. The molecular weight excluding hydrogens is 282 g/mol. The van der Waals surface area contributed by atoms with E-state index in [4.69, 9.17) is 4.74 Å². The fourth-order valence-electron chi connectivity index (χ4n) is 2.57. The van der Waals surface area contributed by atoms with Gasteiger partial charge in [-0.25, -0.2) is 0 Å². The van der Waals surface area contributed by atoms with Crippen molar-refractivity contribution in [2.75, 3.05) is 18.5 Å². The van der Waals surface area contributed by atoms with E-state index in [1.54, 1.807) is 0 Å². The first-order chi connectivity index (χ1) is 8.24. The van der Waals surface area contributed by atoms with E-state index in [2.05, 4.69) is 20.8 Å². The standard InChI is InChI=1S/C13H22BrNO2/c1-2-17-12-7-10(8-12)9-13(16)15(6-5-14)11-3-4-11/h10-12H,2-9H2,1H3. The third-order valence-electron chi connectivity index (χ3n) is 3.69. The maximum Gasteiger partial charge on any atom is 0.223 e. The maximum atomic E-state index is 12.1. The van der Waals surface area contributed by atoms with Crippen LogP contribution < -0.4 is 0 Å². The number of amides is 1. The smallest absolute Gasteiger partial charge is 0.223 e. The third kappa shape index (κ3) is 3.68. The van der Waals surface area contributed by atoms with Crippen molar-refractivity contribution in [1.82, 2.24) is 4.90 Å². The molecule has 0 radical (unpaired) electrons. The first kappa shape index (κ1) is 13.3. The summed E-state index contributed by atoms with van der Waals surface area (Å²) in [5.41, 5.74) is 0. The van der Waals surface area contributed by atoms with E-state index in [1.165, 1.54) is 12.8 Å². The van der Waals surface area contributed by atoms with Crippen LogP contribution in [0.25, 0.3) is 0 Å². The van der Waals surface area contributed by atoms with Gasteiger partial charge in [0.15, 0.2) is 0 Å². The van der Waals surface area contributed by atoms with Gasteiger partial charge in [0.1, 0.15) is 0 Å². The molecule has 2 aliphatic carbocycles. The van der Waals surface area contributed by atoms with Gasteiger partial charge < -0.3 is 9.64 Å². The zero-order chi connectivity index (χ0) is 12.3. The molecule has 17 heavy (non-hydrogen) atoms. The number of nitrogens with zero attached hydrogens (tertiary/aromatic N) is 1. The van der Waals surface area contributed by atoms with Gasteiger partial charge in [-0.15, -0.1) is 0 Å². The van der Waals surface area contributed by atoms with Crippen molar-refractivity contribution in [3.8, 4) is 0 Å². The van der Waals surface area contributed by atoms with Gasteiger partial charge in [0, 0.05) is 30.9 Å². The summed E-state index contributed by atoms with van der Waals surface area (Å²) in [5.74, 6) is 0.919. The molecule has 2 saturated carbocycles. The van der Waals surface area contributed by atoms with E-state index in [0.717, 1.165) is 37.7 Å². The Kier molecular flexibility index (Phi) is 4.86. The van der Waals surface area contributed by atoms with E-state index in [0.29, 0.717) is 24.0 Å². The summed E-state index contributed by atoms with van der Waals surface area (Å²) >= 11 is 3.43. The average molecular weight is 304 g/mol. The van der Waals surface area contributed by atoms with E-state index >= 15 is 0 Å². The quantitative estimate of drug-likeness (QED) is 0.677. The Labute approximate surface area is 112 Å². The Bertz CT molecular complexity index is 262. The first-order valence-electron chi connectivity index (χ1n) is 6.71. The minimum Gasteiger partial charge on any atom is -0.378 e. The maximum absolute atomic E-state index is 12.1. The van der Waals surface area contributed by atoms with Crippen LogP contribution in [0.3, 0.4) is 0 Å². The minimum atomic E-state index is 0.354. The summed E-state index contributed by atoms with van der Waals surface area (Å²) in [7, 11) is 0. The van der Waals surface area contributed by atoms with Gasteiger partial charge in [-0.1, -0.05) is 15.9 Å². The molecule has 0 heterocycles. The van der Waals surface area contributed by atoms with Crippen LogP contribution in [0.5, 0.6) is 0 Å². The van der Waals surface area contributed by atoms with Gasteiger partial charge in [-0.3, -0.25) is 4.79 Å². The van der Waals surface area contributed by atoms with Crippen molar-refractivity contribution in [2.45, 2.75) is 51.2 Å². The van der Waals surface area contributed by atoms with Crippen molar-refractivity contribution >= 4 is 21.8 Å². The Balaban J connectivity index is 1.69. The van der Waals surface area contributed by atoms with E-state index < -0.39 is 0 Å². The normalized spacial score (nSPS) is 27.6. The Morgan fingerprint density at radius 2 is 2.12 bits per heavy atom. The lowest BCUT2D eigenvalue weighted by atomic mass is 9.79. The molecule has 0 atom stereocenters. The number of carbonyl (C=O) groups is 1. The lowest BCUT2D eigenvalue weighted by molar-refractivity contribution is -0.134. The molecule has 0 bridgehead atoms. The van der Waals surface area contributed by atoms with Crippen LogP contribution in [0.15, 0.2) is 0 Å². The number of alkyl halides is 1. The molecule has 3 nitrogen and oxygen atoms in total. The summed E-state index contributed by atoms with van der Waals surface area (Å²) in [4.78, 5) is 14.2. The van der Waals surface area contributed by atoms with Gasteiger partial charge in [-0.2, -0.15) is 0 Å². The van der Waals surface area contributed by atoms with Crippen LogP contribution in [-0.4, -0.2) is 41.4 Å². The molecular formula is C13H22BrNO2. The molecule has 0 N–H and O–H groups in total. The highest BCUT2D eigenvalue weighted by Gasteiger charge is 2.36. The monoisotopic (exact) mass is 303 g/mol. The van der Waals surface area contributed by atoms with Gasteiger partial charge in [-0.05, 0) is 38.5 Å². The zero-order valence-corrected chi connectivity index (χ0v) is 12.1. The van der Waals surface area contributed by atoms with Crippen molar-refractivity contribution in [3.05, 3.63) is 0 Å². The Morgan fingerprint density at radius 1 is 1.41 bits per heavy atom. The Morgan fingerprint density at radius 3 is 2.65 bits per heavy atom. The molecule has 2 rings (SSSR count). The van der Waals surface area contributed by atoms with Crippen molar-refractivity contribution in [3.63, 3.8) is 0 Å². The predicted octanol–water partition coefficient (Wildman–Crippen LogP) is 2.58. The average Bonchev–Trinajstić information content (AvgIpc) is 3.06. The summed E-state index contributed by atoms with van der Waals surface area (Å²) in [6.45, 7) is 3.69. The van der Waals surface area contributed by atoms with E-state index in [1.807, 2.05) is 6.92 Å². The van der Waals surface area contributed by atoms with Gasteiger partial charge in [0.2, 0.25) is 5.91 Å². The van der Waals surface area contributed by atoms with Crippen LogP contribution in [0.2, 0.25) is 0 Å². The highest BCUT2D eigenvalue weighted by Crippen LogP contribution is 2.35. The van der Waals surface area contributed by atoms with Crippen LogP contribution in [0, 0.1) is 5.92 Å². The minimum absolute atomic E-state index is 0.354. The second kappa shape index (κ2) is 6.19. The number of hydrogen-bond acceptors (Lipinski definition) is 2. The molecule has 2 aliphatic rings. The fraction of sp³-hybridized carbons (Fsp3) is 0.923. The van der Waals surface area contributed by atoms with Gasteiger partial charge in [0.05, 0.1) is 6.10 Å². The molecule has 1 amide bonds. The molecule has 0 aromatic rings. The molecule has 0 aromatic heterocycles. The number of carbonyl (C=O) groups excluding carboxylic acids is 1. The van der Waals surface area contributed by atoms with Gasteiger partial charge >= 0.3 is 0 Å². The molecule has 0 saturated heterocycles. The van der Waals surface area contributed by atoms with Crippen LogP contribution >= 0.6 is 15.9 Å². The summed E-state index contributed by atoms with van der Waals surface area (Å²) in [5, 5.41) is 0.890. The molecule has 0 aromatic carbocycles. The van der Waals surface area contributed by atoms with Crippen molar-refractivity contribution < 1.29 is 9.53 Å². The van der Waals surface area contributed by atoms with Crippen LogP contribution in [-0.2, 0) is 9.53 Å². The topological polar surface area (TPSA) is 29.5 Å². The molecule has 0 unspecified atom stereocenters. The second-order valence-corrected chi connectivity index (χ2v) is 5.92. The summed E-state index contributed by atoms with van der Waals surface area (Å²) in [6.07, 6.45) is 5.70.